The molecule has 0 saturated carbocycles. The van der Waals surface area contributed by atoms with Gasteiger partial charge in [-0.1, -0.05) is 26.3 Å². The van der Waals surface area contributed by atoms with E-state index in [0.717, 1.165) is 28.8 Å². The van der Waals surface area contributed by atoms with E-state index >= 15 is 0 Å². The molecule has 47 heavy (non-hydrogen) atoms. The van der Waals surface area contributed by atoms with Gasteiger partial charge in [-0.2, -0.15) is 8.42 Å². The lowest BCUT2D eigenvalue weighted by Gasteiger charge is -2.43. The highest BCUT2D eigenvalue weighted by Gasteiger charge is 2.39. The summed E-state index contributed by atoms with van der Waals surface area (Å²) in [5.41, 5.74) is 4.12. The number of hydrogen-bond acceptors (Lipinski definition) is 8. The third kappa shape index (κ3) is 7.53. The topological polar surface area (TPSA) is 167 Å². The van der Waals surface area contributed by atoms with E-state index in [0.29, 0.717) is 54.0 Å². The van der Waals surface area contributed by atoms with E-state index in [-0.39, 0.29) is 16.7 Å². The molecule has 3 aromatic rings. The number of benzene rings is 2. The number of allylic oxidation sites excluding steroid dienone is 1. The molecular weight excluding hydrogens is 645 g/mol. The lowest BCUT2D eigenvalue weighted by Crippen LogP contribution is -2.46. The first kappa shape index (κ1) is 34.6. The van der Waals surface area contributed by atoms with Gasteiger partial charge in [0.2, 0.25) is 0 Å². The molecule has 2 heterocycles. The van der Waals surface area contributed by atoms with Crippen LogP contribution >= 0.6 is 0 Å². The minimum Gasteiger partial charge on any atom is -0.744 e. The monoisotopic (exact) mass is 684 g/mol. The predicted octanol–water partition coefficient (Wildman–Crippen LogP) is 6.29. The van der Waals surface area contributed by atoms with Gasteiger partial charge < -0.3 is 19.5 Å². The molecule has 1 aromatic heterocycles. The predicted molar refractivity (Wildman–Crippen MR) is 181 cm³/mol. The highest BCUT2D eigenvalue weighted by atomic mass is 32.2. The Hall–Kier alpha value is -3.78. The fourth-order valence-corrected chi connectivity index (χ4v) is 7.71. The number of rotatable bonds is 11. The first-order valence-corrected chi connectivity index (χ1v) is 18.4. The molecule has 0 fully saturated rings. The number of hydrogen-bond donors (Lipinski definition) is 2. The molecule has 1 aliphatic carbocycles. The Morgan fingerprint density at radius 2 is 1.70 bits per heavy atom. The van der Waals surface area contributed by atoms with Gasteiger partial charge in [-0.15, -0.1) is 0 Å². The van der Waals surface area contributed by atoms with Crippen molar-refractivity contribution in [3.8, 4) is 0 Å². The number of fused-ring (bicyclic) bond motifs is 3. The van der Waals surface area contributed by atoms with Crippen LogP contribution in [0.5, 0.6) is 0 Å². The summed E-state index contributed by atoms with van der Waals surface area (Å²) < 4.78 is 74.8. The minimum atomic E-state index is -4.56. The lowest BCUT2D eigenvalue weighted by atomic mass is 9.76. The number of nitrogens with zero attached hydrogens (tertiary/aromatic N) is 2. The van der Waals surface area contributed by atoms with Crippen LogP contribution in [-0.2, 0) is 30.4 Å². The number of carbonyl (C=O) groups is 1. The molecule has 0 bridgehead atoms. The highest BCUT2D eigenvalue weighted by Crippen LogP contribution is 2.46. The molecule has 0 unspecified atom stereocenters. The van der Waals surface area contributed by atoms with Crippen molar-refractivity contribution in [1.29, 1.82) is 0 Å². The zero-order valence-corrected chi connectivity index (χ0v) is 28.7. The molecule has 2 aromatic carbocycles. The van der Waals surface area contributed by atoms with Crippen molar-refractivity contribution >= 4 is 60.2 Å². The van der Waals surface area contributed by atoms with Gasteiger partial charge in [0.25, 0.3) is 10.1 Å². The molecule has 252 valence electrons. The molecule has 2 aliphatic rings. The second-order valence-electron chi connectivity index (χ2n) is 13.5. The van der Waals surface area contributed by atoms with Crippen LogP contribution in [0.1, 0.15) is 76.7 Å². The summed E-state index contributed by atoms with van der Waals surface area (Å²) in [6.07, 6.45) is 6.54. The number of carboxylic acids is 1. The van der Waals surface area contributed by atoms with Gasteiger partial charge in [0.05, 0.1) is 39.2 Å². The van der Waals surface area contributed by atoms with Crippen molar-refractivity contribution in [2.45, 2.75) is 75.6 Å². The largest absolute Gasteiger partial charge is 0.744 e. The number of carboxylic acid groups (broad SMARTS) is 1. The van der Waals surface area contributed by atoms with Gasteiger partial charge in [0.1, 0.15) is 15.9 Å². The van der Waals surface area contributed by atoms with Crippen LogP contribution in [0.4, 0.5) is 11.4 Å². The molecule has 11 nitrogen and oxygen atoms in total. The minimum absolute atomic E-state index is 0.0986. The van der Waals surface area contributed by atoms with Crippen LogP contribution in [0.25, 0.3) is 22.6 Å². The van der Waals surface area contributed by atoms with Crippen molar-refractivity contribution in [2.75, 3.05) is 29.1 Å². The normalized spacial score (nSPS) is 17.0. The number of anilines is 2. The average Bonchev–Trinajstić information content (AvgIpc) is 2.94. The maximum absolute atomic E-state index is 12.1. The van der Waals surface area contributed by atoms with Crippen LogP contribution in [0, 0.1) is 0 Å². The van der Waals surface area contributed by atoms with Gasteiger partial charge in [0.15, 0.2) is 0 Å². The highest BCUT2D eigenvalue weighted by molar-refractivity contribution is 7.86. The fourth-order valence-electron chi connectivity index (χ4n) is 6.61. The summed E-state index contributed by atoms with van der Waals surface area (Å²) in [7, 11) is -7.02. The molecule has 5 rings (SSSR count). The molecule has 13 heteroatoms. The van der Waals surface area contributed by atoms with Crippen LogP contribution < -0.4 is 9.80 Å². The summed E-state index contributed by atoms with van der Waals surface area (Å²) in [6.45, 7) is 8.73. The van der Waals surface area contributed by atoms with Crippen molar-refractivity contribution < 1.29 is 40.3 Å². The standard InChI is InChI=1S/C34H40N2O9S2/c1-33(2)20-25(35(5)24-10-12-26(13-11-24)47(42,43)44)17-31-28(33)16-22-15-27-23(21-46(39,40)41)19-34(3,4)36(29(27)18-30(22)45-31)14-8-6-7-9-32(37)38/h10-13,15-19H,6-9,14,20-21H2,1-5H3,(H2-,37,38,39,40,41,42,43,44). The lowest BCUT2D eigenvalue weighted by molar-refractivity contribution is -0.137. The molecule has 0 saturated heterocycles. The van der Waals surface area contributed by atoms with Gasteiger partial charge in [-0.3, -0.25) is 9.35 Å². The Bertz CT molecular complexity index is 2010. The maximum atomic E-state index is 12.1. The van der Waals surface area contributed by atoms with Crippen LogP contribution in [0.3, 0.4) is 0 Å². The summed E-state index contributed by atoms with van der Waals surface area (Å²) in [6, 6.07) is 11.6. The second-order valence-corrected chi connectivity index (χ2v) is 16.4. The smallest absolute Gasteiger partial charge is 0.362 e. The molecular formula is C34H40N2O9S2. The fraction of sp³-hybridized carbons (Fsp3) is 0.412. The Balaban J connectivity index is 1.58. The van der Waals surface area contributed by atoms with E-state index in [1.165, 1.54) is 12.1 Å². The van der Waals surface area contributed by atoms with Crippen molar-refractivity contribution in [1.82, 2.24) is 0 Å². The number of aliphatic carboxylic acids is 1. The van der Waals surface area contributed by atoms with Crippen LogP contribution in [-0.4, -0.2) is 61.9 Å². The van der Waals surface area contributed by atoms with E-state index in [4.69, 9.17) is 9.52 Å². The SMILES string of the molecule is CN(C1=Cc2[o+]c3cc4c(cc3cc2C(C)(C)C1)C(CS(=O)(=O)O)=CC(C)(C)N4CCCCCC(=O)O)c1ccc(S(=O)(=O)[O-])cc1. The third-order valence-electron chi connectivity index (χ3n) is 8.98. The van der Waals surface area contributed by atoms with Crippen LogP contribution in [0.15, 0.2) is 63.6 Å². The van der Waals surface area contributed by atoms with Crippen LogP contribution in [0.2, 0.25) is 0 Å². The molecule has 1 aliphatic heterocycles. The van der Waals surface area contributed by atoms with E-state index in [1.807, 2.05) is 50.1 Å². The molecule has 2 N–H and O–H groups in total. The first-order valence-electron chi connectivity index (χ1n) is 15.4. The quantitative estimate of drug-likeness (QED) is 0.132. The van der Waals surface area contributed by atoms with Gasteiger partial charge in [-0.05, 0) is 75.1 Å². The average molecular weight is 685 g/mol. The zero-order chi connectivity index (χ0) is 34.5. The van der Waals surface area contributed by atoms with Crippen molar-refractivity contribution in [2.24, 2.45) is 0 Å². The third-order valence-corrected chi connectivity index (χ3v) is 10.5. The van der Waals surface area contributed by atoms with Gasteiger partial charge >= 0.3 is 17.3 Å². The van der Waals surface area contributed by atoms with E-state index in [1.54, 1.807) is 12.1 Å². The van der Waals surface area contributed by atoms with Gasteiger partial charge in [-0.25, -0.2) is 12.8 Å². The second kappa shape index (κ2) is 12.3. The molecule has 0 spiro atoms. The summed E-state index contributed by atoms with van der Waals surface area (Å²) >= 11 is 0. The van der Waals surface area contributed by atoms with E-state index in [9.17, 15) is 30.7 Å². The van der Waals surface area contributed by atoms with Crippen molar-refractivity contribution in [3.05, 3.63) is 71.1 Å². The Morgan fingerprint density at radius 1 is 1.02 bits per heavy atom. The van der Waals surface area contributed by atoms with E-state index < -0.39 is 37.5 Å². The Labute approximate surface area is 275 Å². The Morgan fingerprint density at radius 3 is 2.32 bits per heavy atom. The van der Waals surface area contributed by atoms with E-state index in [2.05, 4.69) is 24.8 Å². The summed E-state index contributed by atoms with van der Waals surface area (Å²) in [5, 5.41) is 9.80. The summed E-state index contributed by atoms with van der Waals surface area (Å²) in [5.74, 6) is -0.713. The summed E-state index contributed by atoms with van der Waals surface area (Å²) in [4.78, 5) is 14.8. The molecule has 0 radical (unpaired) electrons. The van der Waals surface area contributed by atoms with Crippen molar-refractivity contribution in [3.63, 3.8) is 0 Å². The zero-order valence-electron chi connectivity index (χ0n) is 27.1. The maximum Gasteiger partial charge on any atom is 0.362 e. The Kier molecular flexibility index (Phi) is 9.08. The van der Waals surface area contributed by atoms with Gasteiger partial charge in [0, 0.05) is 42.4 Å². The molecule has 0 amide bonds. The first-order chi connectivity index (χ1) is 21.7. The molecule has 0 atom stereocenters. The number of unbranched alkanes of at least 4 members (excludes halogenated alkanes) is 2.